The van der Waals surface area contributed by atoms with Crippen LogP contribution in [0, 0.1) is 29.9 Å². The quantitative estimate of drug-likeness (QED) is 0.584. The Morgan fingerprint density at radius 2 is 1.88 bits per heavy atom. The highest BCUT2D eigenvalue weighted by molar-refractivity contribution is 5.73. The van der Waals surface area contributed by atoms with Gasteiger partial charge in [0.05, 0.1) is 4.92 Å². The van der Waals surface area contributed by atoms with Crippen LogP contribution in [0.15, 0.2) is 24.5 Å². The predicted molar refractivity (Wildman–Crippen MR) is 95.8 cm³/mol. The fourth-order valence-corrected chi connectivity index (χ4v) is 2.21. The van der Waals surface area contributed by atoms with Crippen LogP contribution in [0.3, 0.4) is 0 Å². The number of aryl methyl sites for hydroxylation is 2. The van der Waals surface area contributed by atoms with Gasteiger partial charge in [0.15, 0.2) is 0 Å². The zero-order valence-electron chi connectivity index (χ0n) is 14.5. The number of nitrogens with zero attached hydrogens (tertiary/aromatic N) is 3. The second kappa shape index (κ2) is 7.72. The standard InChI is InChI=1S/C17H23N5O2/c1-11(2)7-8-18-16-15(22(23)24)17(20-10-19-16)21-14-6-5-12(3)13(4)9-14/h5-6,9-11H,7-8H2,1-4H3,(H2,18,19,20,21). The van der Waals surface area contributed by atoms with Crippen LogP contribution in [0.4, 0.5) is 23.0 Å². The van der Waals surface area contributed by atoms with Crippen LogP contribution in [0.1, 0.15) is 31.4 Å². The Morgan fingerprint density at radius 1 is 1.17 bits per heavy atom. The minimum Gasteiger partial charge on any atom is -0.364 e. The van der Waals surface area contributed by atoms with Gasteiger partial charge in [-0.15, -0.1) is 0 Å². The molecule has 0 fully saturated rings. The first-order chi connectivity index (χ1) is 11.4. The molecule has 0 bridgehead atoms. The maximum Gasteiger partial charge on any atom is 0.353 e. The van der Waals surface area contributed by atoms with Crippen molar-refractivity contribution in [3.63, 3.8) is 0 Å². The molecule has 0 unspecified atom stereocenters. The van der Waals surface area contributed by atoms with Crippen molar-refractivity contribution < 1.29 is 4.92 Å². The SMILES string of the molecule is Cc1ccc(Nc2ncnc(NCCC(C)C)c2[N+](=O)[O-])cc1C. The maximum absolute atomic E-state index is 11.5. The van der Waals surface area contributed by atoms with Crippen molar-refractivity contribution in [2.24, 2.45) is 5.92 Å². The summed E-state index contributed by atoms with van der Waals surface area (Å²) in [5.41, 5.74) is 2.88. The minimum absolute atomic E-state index is 0.139. The topological polar surface area (TPSA) is 93.0 Å². The van der Waals surface area contributed by atoms with Crippen LogP contribution in [0.25, 0.3) is 0 Å². The lowest BCUT2D eigenvalue weighted by molar-refractivity contribution is -0.383. The van der Waals surface area contributed by atoms with Gasteiger partial charge in [-0.05, 0) is 49.4 Å². The zero-order chi connectivity index (χ0) is 17.7. The summed E-state index contributed by atoms with van der Waals surface area (Å²) in [5, 5.41) is 17.6. The predicted octanol–water partition coefficient (Wildman–Crippen LogP) is 4.20. The molecule has 0 amide bonds. The monoisotopic (exact) mass is 329 g/mol. The van der Waals surface area contributed by atoms with Gasteiger partial charge in [-0.25, -0.2) is 9.97 Å². The first-order valence-corrected chi connectivity index (χ1v) is 7.96. The number of nitrogens with one attached hydrogen (secondary N) is 2. The molecule has 128 valence electrons. The van der Waals surface area contributed by atoms with Gasteiger partial charge in [0.25, 0.3) is 0 Å². The maximum atomic E-state index is 11.5. The second-order valence-electron chi connectivity index (χ2n) is 6.21. The van der Waals surface area contributed by atoms with E-state index in [-0.39, 0.29) is 17.3 Å². The van der Waals surface area contributed by atoms with Crippen molar-refractivity contribution >= 4 is 23.0 Å². The molecule has 2 N–H and O–H groups in total. The molecule has 7 nitrogen and oxygen atoms in total. The van der Waals surface area contributed by atoms with E-state index < -0.39 is 4.92 Å². The average Bonchev–Trinajstić information content (AvgIpc) is 2.50. The van der Waals surface area contributed by atoms with Crippen LogP contribution in [0.2, 0.25) is 0 Å². The summed E-state index contributed by atoms with van der Waals surface area (Å²) >= 11 is 0. The molecule has 1 aromatic heterocycles. The van der Waals surface area contributed by atoms with E-state index in [9.17, 15) is 10.1 Å². The molecule has 2 rings (SSSR count). The van der Waals surface area contributed by atoms with E-state index in [0.717, 1.165) is 23.2 Å². The largest absolute Gasteiger partial charge is 0.364 e. The van der Waals surface area contributed by atoms with Crippen LogP contribution < -0.4 is 10.6 Å². The first kappa shape index (κ1) is 17.7. The molecule has 0 spiro atoms. The van der Waals surface area contributed by atoms with Crippen molar-refractivity contribution in [1.29, 1.82) is 0 Å². The van der Waals surface area contributed by atoms with E-state index in [4.69, 9.17) is 0 Å². The van der Waals surface area contributed by atoms with Gasteiger partial charge in [-0.2, -0.15) is 0 Å². The van der Waals surface area contributed by atoms with Crippen molar-refractivity contribution in [2.75, 3.05) is 17.2 Å². The van der Waals surface area contributed by atoms with Crippen LogP contribution in [-0.2, 0) is 0 Å². The molecule has 0 radical (unpaired) electrons. The third kappa shape index (κ3) is 4.41. The van der Waals surface area contributed by atoms with Gasteiger partial charge < -0.3 is 10.6 Å². The summed E-state index contributed by atoms with van der Waals surface area (Å²) in [4.78, 5) is 19.1. The molecule has 7 heteroatoms. The van der Waals surface area contributed by atoms with E-state index in [1.54, 1.807) is 0 Å². The smallest absolute Gasteiger partial charge is 0.353 e. The van der Waals surface area contributed by atoms with Gasteiger partial charge in [0.1, 0.15) is 6.33 Å². The fourth-order valence-electron chi connectivity index (χ4n) is 2.21. The summed E-state index contributed by atoms with van der Waals surface area (Å²) < 4.78 is 0. The zero-order valence-corrected chi connectivity index (χ0v) is 14.5. The van der Waals surface area contributed by atoms with Gasteiger partial charge in [-0.3, -0.25) is 10.1 Å². The highest BCUT2D eigenvalue weighted by Gasteiger charge is 2.23. The number of hydrogen-bond donors (Lipinski definition) is 2. The number of hydrogen-bond acceptors (Lipinski definition) is 6. The average molecular weight is 329 g/mol. The summed E-state index contributed by atoms with van der Waals surface area (Å²) in [6, 6.07) is 5.78. The Balaban J connectivity index is 2.28. The fraction of sp³-hybridized carbons (Fsp3) is 0.412. The molecule has 0 aliphatic carbocycles. The molecule has 1 heterocycles. The second-order valence-corrected chi connectivity index (χ2v) is 6.21. The van der Waals surface area contributed by atoms with Crippen molar-refractivity contribution in [2.45, 2.75) is 34.1 Å². The van der Waals surface area contributed by atoms with Gasteiger partial charge in [0.2, 0.25) is 11.6 Å². The molecule has 2 aromatic rings. The Hall–Kier alpha value is -2.70. The van der Waals surface area contributed by atoms with Gasteiger partial charge in [-0.1, -0.05) is 19.9 Å². The Labute approximate surface area is 141 Å². The number of anilines is 3. The molecule has 0 atom stereocenters. The van der Waals surface area contributed by atoms with Gasteiger partial charge >= 0.3 is 5.69 Å². The highest BCUT2D eigenvalue weighted by atomic mass is 16.6. The summed E-state index contributed by atoms with van der Waals surface area (Å²) in [6.45, 7) is 8.83. The molecular weight excluding hydrogens is 306 g/mol. The Morgan fingerprint density at radius 3 is 2.50 bits per heavy atom. The van der Waals surface area contributed by atoms with Crippen molar-refractivity contribution in [3.8, 4) is 0 Å². The van der Waals surface area contributed by atoms with E-state index in [0.29, 0.717) is 12.5 Å². The molecule has 0 aliphatic rings. The van der Waals surface area contributed by atoms with Crippen LogP contribution >= 0.6 is 0 Å². The Bertz CT molecular complexity index is 731. The lowest BCUT2D eigenvalue weighted by atomic mass is 10.1. The minimum atomic E-state index is -0.457. The Kier molecular flexibility index (Phi) is 5.68. The number of rotatable bonds is 7. The summed E-state index contributed by atoms with van der Waals surface area (Å²) in [5.74, 6) is 0.929. The molecule has 0 saturated heterocycles. The van der Waals surface area contributed by atoms with E-state index in [1.807, 2.05) is 32.0 Å². The van der Waals surface area contributed by atoms with E-state index in [2.05, 4.69) is 34.4 Å². The van der Waals surface area contributed by atoms with Crippen molar-refractivity contribution in [1.82, 2.24) is 9.97 Å². The normalized spacial score (nSPS) is 10.7. The van der Waals surface area contributed by atoms with Crippen LogP contribution in [-0.4, -0.2) is 21.4 Å². The molecule has 0 saturated carbocycles. The number of benzene rings is 1. The van der Waals surface area contributed by atoms with Crippen molar-refractivity contribution in [3.05, 3.63) is 45.8 Å². The number of aromatic nitrogens is 2. The van der Waals surface area contributed by atoms with E-state index >= 15 is 0 Å². The first-order valence-electron chi connectivity index (χ1n) is 7.96. The number of nitro groups is 1. The molecule has 1 aromatic carbocycles. The summed E-state index contributed by atoms with van der Waals surface area (Å²) in [6.07, 6.45) is 2.23. The molecule has 0 aliphatic heterocycles. The summed E-state index contributed by atoms with van der Waals surface area (Å²) in [7, 11) is 0. The third-order valence-corrected chi connectivity index (χ3v) is 3.79. The van der Waals surface area contributed by atoms with Gasteiger partial charge in [0, 0.05) is 12.2 Å². The molecular formula is C17H23N5O2. The highest BCUT2D eigenvalue weighted by Crippen LogP contribution is 2.31. The molecule has 24 heavy (non-hydrogen) atoms. The third-order valence-electron chi connectivity index (χ3n) is 3.79. The lowest BCUT2D eigenvalue weighted by Gasteiger charge is -2.11. The lowest BCUT2D eigenvalue weighted by Crippen LogP contribution is -2.10. The van der Waals surface area contributed by atoms with Crippen LogP contribution in [0.5, 0.6) is 0 Å². The van der Waals surface area contributed by atoms with E-state index in [1.165, 1.54) is 6.33 Å².